The van der Waals surface area contributed by atoms with E-state index >= 15 is 0 Å². The Labute approximate surface area is 104 Å². The summed E-state index contributed by atoms with van der Waals surface area (Å²) in [6.07, 6.45) is 1.33. The molecule has 0 saturated heterocycles. The zero-order valence-corrected chi connectivity index (χ0v) is 10.3. The van der Waals surface area contributed by atoms with Crippen LogP contribution in [0, 0.1) is 6.92 Å². The van der Waals surface area contributed by atoms with Gasteiger partial charge in [-0.05, 0) is 24.5 Å². The smallest absolute Gasteiger partial charge is 0.338 e. The van der Waals surface area contributed by atoms with Crippen LogP contribution >= 0.6 is 22.9 Å². The predicted octanol–water partition coefficient (Wildman–Crippen LogP) is 1.86. The van der Waals surface area contributed by atoms with E-state index < -0.39 is 11.9 Å². The number of hydrogen-bond donors (Lipinski definition) is 2. The van der Waals surface area contributed by atoms with Gasteiger partial charge in [-0.3, -0.25) is 4.79 Å². The number of anilines is 1. The molecule has 0 spiro atoms. The summed E-state index contributed by atoms with van der Waals surface area (Å²) in [6.45, 7) is 1.78. The highest BCUT2D eigenvalue weighted by atomic mass is 32.1. The first-order chi connectivity index (χ1) is 8.08. The van der Waals surface area contributed by atoms with Gasteiger partial charge < -0.3 is 10.4 Å². The first kappa shape index (κ1) is 11.7. The molecule has 1 amide bonds. The number of aromatic nitrogens is 2. The molecule has 0 aliphatic carbocycles. The third-order valence-electron chi connectivity index (χ3n) is 1.90. The molecule has 2 aromatic heterocycles. The lowest BCUT2D eigenvalue weighted by molar-refractivity contribution is 0.0698. The Kier molecular flexibility index (Phi) is 3.16. The van der Waals surface area contributed by atoms with Crippen LogP contribution in [0.5, 0.6) is 0 Å². The molecule has 8 heteroatoms. The lowest BCUT2D eigenvalue weighted by atomic mass is 10.3. The zero-order valence-electron chi connectivity index (χ0n) is 8.63. The molecule has 0 aromatic carbocycles. The molecule has 17 heavy (non-hydrogen) atoms. The first-order valence-electron chi connectivity index (χ1n) is 4.50. The lowest BCUT2D eigenvalue weighted by Crippen LogP contribution is -2.11. The van der Waals surface area contributed by atoms with Crippen LogP contribution in [0.4, 0.5) is 5.00 Å². The topological polar surface area (TPSA) is 92.2 Å². The van der Waals surface area contributed by atoms with E-state index in [0.29, 0.717) is 9.88 Å². The van der Waals surface area contributed by atoms with Crippen molar-refractivity contribution in [2.24, 2.45) is 0 Å². The van der Waals surface area contributed by atoms with Crippen molar-refractivity contribution < 1.29 is 14.7 Å². The van der Waals surface area contributed by atoms with Crippen LogP contribution in [0.3, 0.4) is 0 Å². The van der Waals surface area contributed by atoms with E-state index in [2.05, 4.69) is 14.9 Å². The average Bonchev–Trinajstić information content (AvgIpc) is 2.86. The standard InChI is InChI=1S/C9H7N3O3S2/c1-4-2-5(9(14)15)8(16-4)11-7(13)6-3-10-12-17-6/h2-3H,1H3,(H,11,13)(H,14,15). The highest BCUT2D eigenvalue weighted by Gasteiger charge is 2.17. The van der Waals surface area contributed by atoms with Crippen molar-refractivity contribution in [3.05, 3.63) is 27.6 Å². The van der Waals surface area contributed by atoms with Gasteiger partial charge in [0.15, 0.2) is 0 Å². The number of aryl methyl sites for hydroxylation is 1. The maximum atomic E-state index is 11.7. The van der Waals surface area contributed by atoms with Crippen molar-refractivity contribution in [3.8, 4) is 0 Å². The molecule has 0 unspecified atom stereocenters. The SMILES string of the molecule is Cc1cc(C(=O)O)c(NC(=O)c2cnns2)s1. The van der Waals surface area contributed by atoms with Crippen LogP contribution in [0.2, 0.25) is 0 Å². The number of carboxylic acids is 1. The molecule has 0 aliphatic rings. The van der Waals surface area contributed by atoms with Gasteiger partial charge in [-0.15, -0.1) is 16.4 Å². The van der Waals surface area contributed by atoms with Gasteiger partial charge in [0.05, 0.1) is 11.8 Å². The first-order valence-corrected chi connectivity index (χ1v) is 6.09. The fraction of sp³-hybridized carbons (Fsp3) is 0.111. The normalized spacial score (nSPS) is 10.2. The second kappa shape index (κ2) is 4.60. The number of nitrogens with zero attached hydrogens (tertiary/aromatic N) is 2. The molecule has 0 aliphatic heterocycles. The second-order valence-corrected chi connectivity index (χ2v) is 5.18. The number of amides is 1. The molecule has 0 fully saturated rings. The molecule has 0 radical (unpaired) electrons. The minimum absolute atomic E-state index is 0.0957. The Morgan fingerprint density at radius 1 is 1.47 bits per heavy atom. The van der Waals surface area contributed by atoms with Gasteiger partial charge >= 0.3 is 5.97 Å². The molecule has 2 N–H and O–H groups in total. The number of thiophene rings is 1. The summed E-state index contributed by atoms with van der Waals surface area (Å²) in [5.74, 6) is -1.46. The molecular weight excluding hydrogens is 262 g/mol. The van der Waals surface area contributed by atoms with E-state index in [1.807, 2.05) is 0 Å². The van der Waals surface area contributed by atoms with Gasteiger partial charge in [0.2, 0.25) is 0 Å². The summed E-state index contributed by atoms with van der Waals surface area (Å²) in [5, 5.41) is 15.4. The highest BCUT2D eigenvalue weighted by Crippen LogP contribution is 2.28. The zero-order chi connectivity index (χ0) is 12.4. The highest BCUT2D eigenvalue weighted by molar-refractivity contribution is 7.16. The summed E-state index contributed by atoms with van der Waals surface area (Å²) < 4.78 is 3.57. The van der Waals surface area contributed by atoms with Gasteiger partial charge in [-0.2, -0.15) is 0 Å². The number of aromatic carboxylic acids is 1. The molecular formula is C9H7N3O3S2. The third-order valence-corrected chi connectivity index (χ3v) is 3.53. The minimum Gasteiger partial charge on any atom is -0.478 e. The van der Waals surface area contributed by atoms with Crippen molar-refractivity contribution in [1.29, 1.82) is 0 Å². The summed E-state index contributed by atoms with van der Waals surface area (Å²) in [5.41, 5.74) is 0.0957. The van der Waals surface area contributed by atoms with Crippen LogP contribution in [-0.4, -0.2) is 26.6 Å². The minimum atomic E-state index is -1.06. The number of nitrogens with one attached hydrogen (secondary N) is 1. The Hall–Kier alpha value is -1.80. The molecule has 2 aromatic rings. The molecule has 6 nitrogen and oxygen atoms in total. The molecule has 0 saturated carbocycles. The molecule has 2 rings (SSSR count). The Bertz CT molecular complexity index is 562. The van der Waals surface area contributed by atoms with Gasteiger partial charge in [0, 0.05) is 4.88 Å². The van der Waals surface area contributed by atoms with Crippen molar-refractivity contribution in [2.45, 2.75) is 6.92 Å². The predicted molar refractivity (Wildman–Crippen MR) is 63.9 cm³/mol. The molecule has 0 atom stereocenters. The van der Waals surface area contributed by atoms with E-state index in [4.69, 9.17) is 5.11 Å². The van der Waals surface area contributed by atoms with Crippen LogP contribution in [0.25, 0.3) is 0 Å². The van der Waals surface area contributed by atoms with Gasteiger partial charge in [-0.25, -0.2) is 4.79 Å². The quantitative estimate of drug-likeness (QED) is 0.887. The van der Waals surface area contributed by atoms with E-state index in [-0.39, 0.29) is 5.56 Å². The second-order valence-electron chi connectivity index (χ2n) is 3.14. The van der Waals surface area contributed by atoms with E-state index in [1.54, 1.807) is 6.92 Å². The molecule has 2 heterocycles. The largest absolute Gasteiger partial charge is 0.478 e. The van der Waals surface area contributed by atoms with Crippen molar-refractivity contribution >= 4 is 39.7 Å². The fourth-order valence-corrected chi connectivity index (χ4v) is 2.51. The number of hydrogen-bond acceptors (Lipinski definition) is 6. The van der Waals surface area contributed by atoms with Gasteiger partial charge in [0.1, 0.15) is 9.88 Å². The van der Waals surface area contributed by atoms with Crippen molar-refractivity contribution in [3.63, 3.8) is 0 Å². The van der Waals surface area contributed by atoms with E-state index in [9.17, 15) is 9.59 Å². The Morgan fingerprint density at radius 2 is 2.24 bits per heavy atom. The summed E-state index contributed by atoms with van der Waals surface area (Å²) in [6, 6.07) is 1.52. The van der Waals surface area contributed by atoms with Gasteiger partial charge in [0.25, 0.3) is 5.91 Å². The van der Waals surface area contributed by atoms with E-state index in [1.165, 1.54) is 23.6 Å². The Balaban J connectivity index is 2.24. The lowest BCUT2D eigenvalue weighted by Gasteiger charge is -2.00. The van der Waals surface area contributed by atoms with Gasteiger partial charge in [-0.1, -0.05) is 4.49 Å². The van der Waals surface area contributed by atoms with Crippen LogP contribution in [-0.2, 0) is 0 Å². The number of rotatable bonds is 3. The summed E-state index contributed by atoms with van der Waals surface area (Å²) >= 11 is 2.17. The monoisotopic (exact) mass is 269 g/mol. The fourth-order valence-electron chi connectivity index (χ4n) is 1.20. The maximum Gasteiger partial charge on any atom is 0.338 e. The van der Waals surface area contributed by atoms with E-state index in [0.717, 1.165) is 16.4 Å². The molecule has 0 bridgehead atoms. The van der Waals surface area contributed by atoms with Crippen LogP contribution < -0.4 is 5.32 Å². The average molecular weight is 269 g/mol. The third kappa shape index (κ3) is 2.48. The summed E-state index contributed by atoms with van der Waals surface area (Å²) in [7, 11) is 0. The number of carbonyl (C=O) groups is 2. The molecule has 88 valence electrons. The van der Waals surface area contributed by atoms with Crippen molar-refractivity contribution in [2.75, 3.05) is 5.32 Å². The summed E-state index contributed by atoms with van der Waals surface area (Å²) in [4.78, 5) is 23.8. The number of carbonyl (C=O) groups excluding carboxylic acids is 1. The Morgan fingerprint density at radius 3 is 2.82 bits per heavy atom. The number of carboxylic acid groups (broad SMARTS) is 1. The van der Waals surface area contributed by atoms with Crippen LogP contribution in [0.15, 0.2) is 12.3 Å². The van der Waals surface area contributed by atoms with Crippen molar-refractivity contribution in [1.82, 2.24) is 9.59 Å². The van der Waals surface area contributed by atoms with Crippen LogP contribution in [0.1, 0.15) is 24.9 Å². The maximum absolute atomic E-state index is 11.7.